The molecule has 3 rings (SSSR count). The first-order chi connectivity index (χ1) is 13.2. The monoisotopic (exact) mass is 370 g/mol. The Morgan fingerprint density at radius 2 is 2.07 bits per heavy atom. The van der Waals surface area contributed by atoms with E-state index in [4.69, 9.17) is 9.47 Å². The van der Waals surface area contributed by atoms with Crippen LogP contribution in [0.15, 0.2) is 48.8 Å². The van der Waals surface area contributed by atoms with E-state index in [1.807, 2.05) is 18.2 Å². The van der Waals surface area contributed by atoms with Crippen LogP contribution in [0.5, 0.6) is 5.75 Å². The molecule has 1 aliphatic heterocycles. The zero-order valence-electron chi connectivity index (χ0n) is 15.2. The molecule has 0 spiro atoms. The molecular formula is C20H22N2O5. The SMILES string of the molecule is COC(=O)c1cncc(OC(=O)N2CCOC(CCc3ccccc3)C2)c1. The molecule has 0 N–H and O–H groups in total. The third-order valence-corrected chi connectivity index (χ3v) is 4.33. The summed E-state index contributed by atoms with van der Waals surface area (Å²) in [5.74, 6) is -0.331. The van der Waals surface area contributed by atoms with E-state index in [1.54, 1.807) is 4.90 Å². The molecular weight excluding hydrogens is 348 g/mol. The summed E-state index contributed by atoms with van der Waals surface area (Å²) in [6.07, 6.45) is 3.94. The van der Waals surface area contributed by atoms with Gasteiger partial charge in [-0.15, -0.1) is 0 Å². The highest BCUT2D eigenvalue weighted by atomic mass is 16.6. The fraction of sp³-hybridized carbons (Fsp3) is 0.350. The molecule has 2 aromatic rings. The average Bonchev–Trinajstić information content (AvgIpc) is 2.73. The Morgan fingerprint density at radius 1 is 1.26 bits per heavy atom. The van der Waals surface area contributed by atoms with Gasteiger partial charge in [0.15, 0.2) is 5.75 Å². The van der Waals surface area contributed by atoms with Crippen molar-refractivity contribution in [3.05, 3.63) is 59.9 Å². The van der Waals surface area contributed by atoms with Gasteiger partial charge in [0.25, 0.3) is 0 Å². The first kappa shape index (κ1) is 18.8. The number of rotatable bonds is 5. The zero-order valence-corrected chi connectivity index (χ0v) is 15.2. The van der Waals surface area contributed by atoms with Gasteiger partial charge in [0, 0.05) is 12.7 Å². The Labute approximate surface area is 157 Å². The molecule has 27 heavy (non-hydrogen) atoms. The number of esters is 1. The summed E-state index contributed by atoms with van der Waals surface area (Å²) < 4.78 is 15.8. The molecule has 1 aliphatic rings. The van der Waals surface area contributed by atoms with Gasteiger partial charge in [-0.2, -0.15) is 0 Å². The van der Waals surface area contributed by atoms with Crippen molar-refractivity contribution in [2.24, 2.45) is 0 Å². The Morgan fingerprint density at radius 3 is 2.85 bits per heavy atom. The minimum Gasteiger partial charge on any atom is -0.465 e. The normalized spacial score (nSPS) is 16.6. The number of amides is 1. The molecule has 1 saturated heterocycles. The Balaban J connectivity index is 1.54. The second-order valence-electron chi connectivity index (χ2n) is 6.23. The van der Waals surface area contributed by atoms with Crippen LogP contribution in [0.3, 0.4) is 0 Å². The van der Waals surface area contributed by atoms with Gasteiger partial charge >= 0.3 is 12.1 Å². The number of carbonyl (C=O) groups is 2. The number of methoxy groups -OCH3 is 1. The van der Waals surface area contributed by atoms with Crippen LogP contribution in [-0.4, -0.2) is 54.9 Å². The average molecular weight is 370 g/mol. The van der Waals surface area contributed by atoms with Gasteiger partial charge in [0.1, 0.15) is 0 Å². The number of ether oxygens (including phenoxy) is 3. The minimum absolute atomic E-state index is 0.0361. The topological polar surface area (TPSA) is 78.0 Å². The highest BCUT2D eigenvalue weighted by Crippen LogP contribution is 2.16. The number of morpholine rings is 1. The summed E-state index contributed by atoms with van der Waals surface area (Å²) in [5, 5.41) is 0. The van der Waals surface area contributed by atoms with E-state index >= 15 is 0 Å². The van der Waals surface area contributed by atoms with E-state index in [-0.39, 0.29) is 17.4 Å². The van der Waals surface area contributed by atoms with Gasteiger partial charge < -0.3 is 19.1 Å². The zero-order chi connectivity index (χ0) is 19.1. The highest BCUT2D eigenvalue weighted by molar-refractivity contribution is 5.89. The van der Waals surface area contributed by atoms with Crippen molar-refractivity contribution in [2.75, 3.05) is 26.8 Å². The number of nitrogens with zero attached hydrogens (tertiary/aromatic N) is 2. The van der Waals surface area contributed by atoms with Crippen LogP contribution >= 0.6 is 0 Å². The van der Waals surface area contributed by atoms with E-state index in [0.717, 1.165) is 12.8 Å². The molecule has 1 fully saturated rings. The molecule has 1 aromatic heterocycles. The summed E-state index contributed by atoms with van der Waals surface area (Å²) in [7, 11) is 1.28. The maximum Gasteiger partial charge on any atom is 0.415 e. The minimum atomic E-state index is -0.534. The number of hydrogen-bond acceptors (Lipinski definition) is 6. The second-order valence-corrected chi connectivity index (χ2v) is 6.23. The van der Waals surface area contributed by atoms with Crippen LogP contribution < -0.4 is 4.74 Å². The molecule has 0 radical (unpaired) electrons. The number of pyridine rings is 1. The molecule has 0 aliphatic carbocycles. The van der Waals surface area contributed by atoms with Crippen molar-refractivity contribution in [3.8, 4) is 5.75 Å². The van der Waals surface area contributed by atoms with Gasteiger partial charge in [-0.05, 0) is 24.5 Å². The molecule has 1 aromatic carbocycles. The molecule has 1 atom stereocenters. The summed E-state index contributed by atoms with van der Waals surface area (Å²) >= 11 is 0. The maximum absolute atomic E-state index is 12.4. The highest BCUT2D eigenvalue weighted by Gasteiger charge is 2.25. The fourth-order valence-electron chi connectivity index (χ4n) is 2.90. The molecule has 2 heterocycles. The van der Waals surface area contributed by atoms with Crippen molar-refractivity contribution in [1.29, 1.82) is 0 Å². The van der Waals surface area contributed by atoms with Gasteiger partial charge in [-0.3, -0.25) is 4.98 Å². The van der Waals surface area contributed by atoms with E-state index in [1.165, 1.54) is 31.1 Å². The van der Waals surface area contributed by atoms with Gasteiger partial charge in [-0.1, -0.05) is 30.3 Å². The van der Waals surface area contributed by atoms with Crippen molar-refractivity contribution < 1.29 is 23.8 Å². The van der Waals surface area contributed by atoms with E-state index in [0.29, 0.717) is 19.7 Å². The van der Waals surface area contributed by atoms with Crippen LogP contribution in [0.1, 0.15) is 22.3 Å². The summed E-state index contributed by atoms with van der Waals surface area (Å²) in [6.45, 7) is 1.40. The largest absolute Gasteiger partial charge is 0.465 e. The van der Waals surface area contributed by atoms with E-state index in [2.05, 4.69) is 21.9 Å². The summed E-state index contributed by atoms with van der Waals surface area (Å²) in [4.78, 5) is 29.5. The standard InChI is InChI=1S/C20H22N2O5/c1-25-19(23)16-11-18(13-21-12-16)27-20(24)22-9-10-26-17(14-22)8-7-15-5-3-2-4-6-15/h2-6,11-13,17H,7-10,14H2,1H3. The Hall–Kier alpha value is -2.93. The first-order valence-corrected chi connectivity index (χ1v) is 8.81. The number of hydrogen-bond donors (Lipinski definition) is 0. The molecule has 142 valence electrons. The molecule has 1 amide bonds. The van der Waals surface area contributed by atoms with Gasteiger partial charge in [0.05, 0.1) is 38.1 Å². The van der Waals surface area contributed by atoms with Crippen LogP contribution in [-0.2, 0) is 15.9 Å². The second kappa shape index (κ2) is 9.14. The number of aryl methyl sites for hydroxylation is 1. The lowest BCUT2D eigenvalue weighted by atomic mass is 10.1. The molecule has 1 unspecified atom stereocenters. The molecule has 7 nitrogen and oxygen atoms in total. The van der Waals surface area contributed by atoms with Crippen LogP contribution in [0.4, 0.5) is 4.79 Å². The Bertz CT molecular complexity index is 781. The van der Waals surface area contributed by atoms with E-state index < -0.39 is 12.1 Å². The number of carbonyl (C=O) groups excluding carboxylic acids is 2. The van der Waals surface area contributed by atoms with Gasteiger partial charge in [-0.25, -0.2) is 9.59 Å². The molecule has 0 saturated carbocycles. The quantitative estimate of drug-likeness (QED) is 0.753. The predicted molar refractivity (Wildman–Crippen MR) is 97.7 cm³/mol. The summed E-state index contributed by atoms with van der Waals surface area (Å²) in [6, 6.07) is 11.6. The van der Waals surface area contributed by atoms with Crippen LogP contribution in [0.2, 0.25) is 0 Å². The first-order valence-electron chi connectivity index (χ1n) is 8.81. The lowest BCUT2D eigenvalue weighted by molar-refractivity contribution is -0.0237. The van der Waals surface area contributed by atoms with Crippen molar-refractivity contribution >= 4 is 12.1 Å². The lowest BCUT2D eigenvalue weighted by Gasteiger charge is -2.32. The predicted octanol–water partition coefficient (Wildman–Crippen LogP) is 2.70. The van der Waals surface area contributed by atoms with Crippen LogP contribution in [0.25, 0.3) is 0 Å². The third kappa shape index (κ3) is 5.27. The molecule has 7 heteroatoms. The van der Waals surface area contributed by atoms with Crippen molar-refractivity contribution in [2.45, 2.75) is 18.9 Å². The van der Waals surface area contributed by atoms with Gasteiger partial charge in [0.2, 0.25) is 0 Å². The van der Waals surface area contributed by atoms with Crippen LogP contribution in [0, 0.1) is 0 Å². The molecule has 0 bridgehead atoms. The van der Waals surface area contributed by atoms with E-state index in [9.17, 15) is 9.59 Å². The third-order valence-electron chi connectivity index (χ3n) is 4.33. The van der Waals surface area contributed by atoms with Crippen molar-refractivity contribution in [1.82, 2.24) is 9.88 Å². The number of aromatic nitrogens is 1. The smallest absolute Gasteiger partial charge is 0.415 e. The number of benzene rings is 1. The summed E-state index contributed by atoms with van der Waals surface area (Å²) in [5.41, 5.74) is 1.47. The maximum atomic E-state index is 12.4. The lowest BCUT2D eigenvalue weighted by Crippen LogP contribution is -2.46. The van der Waals surface area contributed by atoms with Crippen molar-refractivity contribution in [3.63, 3.8) is 0 Å². The fourth-order valence-corrected chi connectivity index (χ4v) is 2.90. The Kier molecular flexibility index (Phi) is 6.38.